The molecule has 1 aromatic carbocycles. The monoisotopic (exact) mass is 260 g/mol. The maximum absolute atomic E-state index is 10.5. The van der Waals surface area contributed by atoms with Gasteiger partial charge in [-0.3, -0.25) is 0 Å². The molecule has 0 spiro atoms. The van der Waals surface area contributed by atoms with Crippen molar-refractivity contribution in [2.24, 2.45) is 7.05 Å². The molecule has 102 valence electrons. The van der Waals surface area contributed by atoms with Crippen molar-refractivity contribution < 1.29 is 5.11 Å². The minimum Gasteiger partial charge on any atom is -0.384 e. The summed E-state index contributed by atoms with van der Waals surface area (Å²) < 4.78 is 1.87. The lowest BCUT2D eigenvalue weighted by Crippen LogP contribution is -2.37. The Morgan fingerprint density at radius 3 is 2.63 bits per heavy atom. The Morgan fingerprint density at radius 1 is 1.37 bits per heavy atom. The highest BCUT2D eigenvalue weighted by molar-refractivity contribution is 5.21. The molecule has 0 aliphatic rings. The van der Waals surface area contributed by atoms with Crippen LogP contribution < -0.4 is 5.32 Å². The fraction of sp³-hybridized carbons (Fsp3) is 0.429. The molecule has 5 nitrogen and oxygen atoms in total. The van der Waals surface area contributed by atoms with Crippen LogP contribution in [0.15, 0.2) is 36.7 Å². The molecule has 2 rings (SSSR count). The van der Waals surface area contributed by atoms with Crippen LogP contribution in [0.1, 0.15) is 31.3 Å². The number of nitrogens with one attached hydrogen (secondary N) is 1. The van der Waals surface area contributed by atoms with Crippen LogP contribution >= 0.6 is 0 Å². The van der Waals surface area contributed by atoms with E-state index in [1.165, 1.54) is 0 Å². The Morgan fingerprint density at radius 2 is 2.05 bits per heavy atom. The highest BCUT2D eigenvalue weighted by Crippen LogP contribution is 2.20. The lowest BCUT2D eigenvalue weighted by Gasteiger charge is -2.26. The van der Waals surface area contributed by atoms with E-state index in [2.05, 4.69) is 15.5 Å². The van der Waals surface area contributed by atoms with Crippen LogP contribution in [-0.2, 0) is 12.6 Å². The van der Waals surface area contributed by atoms with E-state index in [9.17, 15) is 5.11 Å². The third-order valence-electron chi connectivity index (χ3n) is 3.28. The van der Waals surface area contributed by atoms with Gasteiger partial charge in [-0.2, -0.15) is 0 Å². The summed E-state index contributed by atoms with van der Waals surface area (Å²) in [5.41, 5.74) is -0.0126. The standard InChI is InChI=1S/C14H20N4O/c1-11(13-17-16-10-18(13)3)15-9-14(2,19)12-7-5-4-6-8-12/h4-8,10-11,15,19H,9H2,1-3H3. The third-order valence-corrected chi connectivity index (χ3v) is 3.28. The van der Waals surface area contributed by atoms with Gasteiger partial charge < -0.3 is 15.0 Å². The summed E-state index contributed by atoms with van der Waals surface area (Å²) in [7, 11) is 1.91. The van der Waals surface area contributed by atoms with E-state index in [4.69, 9.17) is 0 Å². The van der Waals surface area contributed by atoms with Crippen LogP contribution in [0.3, 0.4) is 0 Å². The Kier molecular flexibility index (Phi) is 3.97. The minimum absolute atomic E-state index is 0.0303. The number of hydrogen-bond donors (Lipinski definition) is 2. The van der Waals surface area contributed by atoms with Gasteiger partial charge in [-0.05, 0) is 19.4 Å². The van der Waals surface area contributed by atoms with Crippen LogP contribution in [0.4, 0.5) is 0 Å². The minimum atomic E-state index is -0.909. The first-order chi connectivity index (χ1) is 9.00. The van der Waals surface area contributed by atoms with Crippen molar-refractivity contribution in [1.82, 2.24) is 20.1 Å². The predicted octanol–water partition coefficient (Wildman–Crippen LogP) is 1.37. The molecule has 2 aromatic rings. The summed E-state index contributed by atoms with van der Waals surface area (Å²) in [5.74, 6) is 0.851. The number of hydrogen-bond acceptors (Lipinski definition) is 4. The molecule has 0 saturated carbocycles. The molecule has 0 amide bonds. The topological polar surface area (TPSA) is 63.0 Å². The second kappa shape index (κ2) is 5.50. The quantitative estimate of drug-likeness (QED) is 0.852. The summed E-state index contributed by atoms with van der Waals surface area (Å²) in [5, 5.41) is 21.7. The van der Waals surface area contributed by atoms with Crippen LogP contribution in [-0.4, -0.2) is 26.4 Å². The molecule has 0 aliphatic heterocycles. The average molecular weight is 260 g/mol. The fourth-order valence-corrected chi connectivity index (χ4v) is 2.03. The molecular weight excluding hydrogens is 240 g/mol. The average Bonchev–Trinajstić information content (AvgIpc) is 2.83. The zero-order valence-electron chi connectivity index (χ0n) is 11.5. The Hall–Kier alpha value is -1.72. The van der Waals surface area contributed by atoms with Crippen molar-refractivity contribution >= 4 is 0 Å². The van der Waals surface area contributed by atoms with Crippen molar-refractivity contribution in [1.29, 1.82) is 0 Å². The summed E-state index contributed by atoms with van der Waals surface area (Å²) >= 11 is 0. The van der Waals surface area contributed by atoms with Gasteiger partial charge in [0.2, 0.25) is 0 Å². The number of aromatic nitrogens is 3. The largest absolute Gasteiger partial charge is 0.384 e. The molecule has 19 heavy (non-hydrogen) atoms. The van der Waals surface area contributed by atoms with Gasteiger partial charge in [0.1, 0.15) is 12.2 Å². The van der Waals surface area contributed by atoms with Crippen LogP contribution in [0, 0.1) is 0 Å². The maximum Gasteiger partial charge on any atom is 0.149 e. The number of aryl methyl sites for hydroxylation is 1. The predicted molar refractivity (Wildman–Crippen MR) is 73.4 cm³/mol. The van der Waals surface area contributed by atoms with Crippen molar-refractivity contribution in [3.8, 4) is 0 Å². The van der Waals surface area contributed by atoms with Crippen molar-refractivity contribution in [3.05, 3.63) is 48.0 Å². The highest BCUT2D eigenvalue weighted by Gasteiger charge is 2.24. The van der Waals surface area contributed by atoms with Gasteiger partial charge >= 0.3 is 0 Å². The van der Waals surface area contributed by atoms with Gasteiger partial charge in [0.05, 0.1) is 11.6 Å². The van der Waals surface area contributed by atoms with Crippen molar-refractivity contribution in [2.45, 2.75) is 25.5 Å². The van der Waals surface area contributed by atoms with Gasteiger partial charge in [0.25, 0.3) is 0 Å². The van der Waals surface area contributed by atoms with E-state index in [0.717, 1.165) is 11.4 Å². The van der Waals surface area contributed by atoms with E-state index in [0.29, 0.717) is 6.54 Å². The summed E-state index contributed by atoms with van der Waals surface area (Å²) in [6.07, 6.45) is 1.67. The number of benzene rings is 1. The second-order valence-corrected chi connectivity index (χ2v) is 5.04. The Balaban J connectivity index is 2.00. The lowest BCUT2D eigenvalue weighted by atomic mass is 9.96. The molecule has 5 heteroatoms. The van der Waals surface area contributed by atoms with Gasteiger partial charge in [-0.1, -0.05) is 30.3 Å². The molecule has 0 saturated heterocycles. The first-order valence-corrected chi connectivity index (χ1v) is 6.36. The zero-order valence-corrected chi connectivity index (χ0v) is 11.5. The molecule has 0 fully saturated rings. The molecule has 1 aromatic heterocycles. The molecule has 2 unspecified atom stereocenters. The molecule has 0 radical (unpaired) electrons. The summed E-state index contributed by atoms with van der Waals surface area (Å²) in [6.45, 7) is 4.26. The molecular formula is C14H20N4O. The first-order valence-electron chi connectivity index (χ1n) is 6.36. The van der Waals surface area contributed by atoms with E-state index >= 15 is 0 Å². The van der Waals surface area contributed by atoms with E-state index in [-0.39, 0.29) is 6.04 Å². The first kappa shape index (κ1) is 13.7. The maximum atomic E-state index is 10.5. The van der Waals surface area contributed by atoms with Gasteiger partial charge in [0.15, 0.2) is 0 Å². The molecule has 0 bridgehead atoms. The van der Waals surface area contributed by atoms with Gasteiger partial charge in [-0.25, -0.2) is 0 Å². The highest BCUT2D eigenvalue weighted by atomic mass is 16.3. The Bertz CT molecular complexity index is 521. The second-order valence-electron chi connectivity index (χ2n) is 5.04. The van der Waals surface area contributed by atoms with Crippen molar-refractivity contribution in [3.63, 3.8) is 0 Å². The summed E-state index contributed by atoms with van der Waals surface area (Å²) in [4.78, 5) is 0. The van der Waals surface area contributed by atoms with E-state index < -0.39 is 5.60 Å². The van der Waals surface area contributed by atoms with Crippen LogP contribution in [0.5, 0.6) is 0 Å². The zero-order chi connectivity index (χ0) is 13.9. The number of nitrogens with zero attached hydrogens (tertiary/aromatic N) is 3. The third kappa shape index (κ3) is 3.19. The lowest BCUT2D eigenvalue weighted by molar-refractivity contribution is 0.0540. The molecule has 2 atom stereocenters. The number of aliphatic hydroxyl groups is 1. The van der Waals surface area contributed by atoms with Crippen LogP contribution in [0.25, 0.3) is 0 Å². The normalized spacial score (nSPS) is 16.0. The fourth-order valence-electron chi connectivity index (χ4n) is 2.03. The number of rotatable bonds is 5. The molecule has 2 N–H and O–H groups in total. The van der Waals surface area contributed by atoms with E-state index in [1.54, 1.807) is 13.3 Å². The Labute approximate surface area is 113 Å². The SMILES string of the molecule is CC(NCC(C)(O)c1ccccc1)c1nncn1C. The van der Waals surface area contributed by atoms with E-state index in [1.807, 2.05) is 48.9 Å². The molecule has 1 heterocycles. The van der Waals surface area contributed by atoms with Gasteiger partial charge in [0, 0.05) is 13.6 Å². The smallest absolute Gasteiger partial charge is 0.149 e. The van der Waals surface area contributed by atoms with Crippen molar-refractivity contribution in [2.75, 3.05) is 6.54 Å². The molecule has 0 aliphatic carbocycles. The summed E-state index contributed by atoms with van der Waals surface area (Å²) in [6, 6.07) is 9.67. The van der Waals surface area contributed by atoms with Gasteiger partial charge in [-0.15, -0.1) is 10.2 Å². The van der Waals surface area contributed by atoms with Crippen LogP contribution in [0.2, 0.25) is 0 Å².